The minimum Gasteiger partial charge on any atom is -0.316 e. The van der Waals surface area contributed by atoms with Crippen LogP contribution in [0.1, 0.15) is 28.8 Å². The van der Waals surface area contributed by atoms with Gasteiger partial charge in [0.05, 0.1) is 0 Å². The Bertz CT molecular complexity index is 418. The lowest BCUT2D eigenvalue weighted by molar-refractivity contribution is 0.112. The number of carbonyl (C=O) groups excluding carboxylic acids is 1. The van der Waals surface area contributed by atoms with Crippen LogP contribution in [-0.4, -0.2) is 19.4 Å². The molecule has 0 aliphatic carbocycles. The summed E-state index contributed by atoms with van der Waals surface area (Å²) < 4.78 is 13.5. The lowest BCUT2D eigenvalue weighted by atomic mass is 10.0. The Morgan fingerprint density at radius 2 is 2.00 bits per heavy atom. The normalized spacial score (nSPS) is 15.9. The predicted molar refractivity (Wildman–Crippen MR) is 61.9 cm³/mol. The highest BCUT2D eigenvalue weighted by molar-refractivity contribution is 5.76. The van der Waals surface area contributed by atoms with Crippen molar-refractivity contribution in [2.75, 3.05) is 13.1 Å². The van der Waals surface area contributed by atoms with Crippen LogP contribution in [0.3, 0.4) is 0 Å². The summed E-state index contributed by atoms with van der Waals surface area (Å²) in [4.78, 5) is 10.6. The third kappa shape index (κ3) is 2.55. The molecule has 2 nitrogen and oxygen atoms in total. The molecule has 0 aromatic heterocycles. The number of halogens is 1. The Morgan fingerprint density at radius 1 is 1.25 bits per heavy atom. The third-order valence-electron chi connectivity index (χ3n) is 2.76. The van der Waals surface area contributed by atoms with E-state index >= 15 is 0 Å². The molecule has 1 N–H and O–H groups in total. The highest BCUT2D eigenvalue weighted by atomic mass is 19.1. The van der Waals surface area contributed by atoms with E-state index in [2.05, 4.69) is 5.32 Å². The maximum atomic E-state index is 13.5. The van der Waals surface area contributed by atoms with Crippen molar-refractivity contribution in [3.05, 3.63) is 40.7 Å². The van der Waals surface area contributed by atoms with Crippen molar-refractivity contribution < 1.29 is 9.18 Å². The maximum absolute atomic E-state index is 13.5. The molecule has 0 saturated carbocycles. The van der Waals surface area contributed by atoms with Crippen molar-refractivity contribution >= 4 is 12.4 Å². The van der Waals surface area contributed by atoms with Crippen LogP contribution in [0, 0.1) is 5.82 Å². The van der Waals surface area contributed by atoms with Gasteiger partial charge in [-0.15, -0.1) is 0 Å². The summed E-state index contributed by atoms with van der Waals surface area (Å²) >= 11 is 0. The maximum Gasteiger partial charge on any atom is 0.150 e. The van der Waals surface area contributed by atoms with Gasteiger partial charge in [-0.25, -0.2) is 4.39 Å². The SMILES string of the molecule is O=Cc1ccc(F)c(C=C2CCNCC2)c1. The molecule has 1 aromatic carbocycles. The van der Waals surface area contributed by atoms with Gasteiger partial charge in [-0.2, -0.15) is 0 Å². The average molecular weight is 219 g/mol. The van der Waals surface area contributed by atoms with Crippen molar-refractivity contribution in [2.24, 2.45) is 0 Å². The third-order valence-corrected chi connectivity index (χ3v) is 2.76. The van der Waals surface area contributed by atoms with Crippen LogP contribution in [0.25, 0.3) is 6.08 Å². The minimum absolute atomic E-state index is 0.267. The molecule has 0 amide bonds. The van der Waals surface area contributed by atoms with Crippen molar-refractivity contribution in [3.63, 3.8) is 0 Å². The zero-order chi connectivity index (χ0) is 11.4. The molecular weight excluding hydrogens is 205 g/mol. The van der Waals surface area contributed by atoms with E-state index in [9.17, 15) is 9.18 Å². The quantitative estimate of drug-likeness (QED) is 0.774. The van der Waals surface area contributed by atoms with Gasteiger partial charge in [-0.3, -0.25) is 4.79 Å². The van der Waals surface area contributed by atoms with Gasteiger partial charge >= 0.3 is 0 Å². The largest absolute Gasteiger partial charge is 0.316 e. The fourth-order valence-electron chi connectivity index (χ4n) is 1.86. The standard InChI is InChI=1S/C13H14FNO/c14-13-2-1-11(9-16)8-12(13)7-10-3-5-15-6-4-10/h1-2,7-9,15H,3-6H2. The summed E-state index contributed by atoms with van der Waals surface area (Å²) in [6.45, 7) is 1.89. The summed E-state index contributed by atoms with van der Waals surface area (Å²) in [6, 6.07) is 4.43. The van der Waals surface area contributed by atoms with Crippen LogP contribution >= 0.6 is 0 Å². The molecule has 1 saturated heterocycles. The molecule has 3 heteroatoms. The highest BCUT2D eigenvalue weighted by Gasteiger charge is 2.06. The Hall–Kier alpha value is -1.48. The number of aldehydes is 1. The number of benzene rings is 1. The molecule has 16 heavy (non-hydrogen) atoms. The first-order valence-corrected chi connectivity index (χ1v) is 5.44. The van der Waals surface area contributed by atoms with E-state index < -0.39 is 0 Å². The summed E-state index contributed by atoms with van der Waals surface area (Å²) in [5, 5.41) is 3.25. The molecule has 2 rings (SSSR count). The topological polar surface area (TPSA) is 29.1 Å². The van der Waals surface area contributed by atoms with E-state index in [1.165, 1.54) is 17.7 Å². The monoisotopic (exact) mass is 219 g/mol. The number of hydrogen-bond acceptors (Lipinski definition) is 2. The van der Waals surface area contributed by atoms with Crippen LogP contribution in [0.15, 0.2) is 23.8 Å². The fraction of sp³-hybridized carbons (Fsp3) is 0.308. The summed E-state index contributed by atoms with van der Waals surface area (Å²) in [5.41, 5.74) is 2.27. The lowest BCUT2D eigenvalue weighted by Crippen LogP contribution is -2.22. The van der Waals surface area contributed by atoms with Gasteiger partial charge in [0, 0.05) is 11.1 Å². The second-order valence-corrected chi connectivity index (χ2v) is 3.95. The van der Waals surface area contributed by atoms with Gasteiger partial charge in [-0.05, 0) is 44.1 Å². The lowest BCUT2D eigenvalue weighted by Gasteiger charge is -2.15. The summed E-state index contributed by atoms with van der Waals surface area (Å²) in [6.07, 6.45) is 4.50. The molecule has 1 aliphatic rings. The molecule has 0 bridgehead atoms. The van der Waals surface area contributed by atoms with Crippen LogP contribution in [0.4, 0.5) is 4.39 Å². The number of piperidine rings is 1. The smallest absolute Gasteiger partial charge is 0.150 e. The number of nitrogens with one attached hydrogen (secondary N) is 1. The highest BCUT2D eigenvalue weighted by Crippen LogP contribution is 2.18. The molecular formula is C13H14FNO. The zero-order valence-electron chi connectivity index (χ0n) is 9.00. The van der Waals surface area contributed by atoms with Gasteiger partial charge in [-0.1, -0.05) is 11.6 Å². The predicted octanol–water partition coefficient (Wildman–Crippen LogP) is 2.41. The second kappa shape index (κ2) is 5.03. The molecule has 0 unspecified atom stereocenters. The van der Waals surface area contributed by atoms with Crippen LogP contribution in [0.2, 0.25) is 0 Å². The minimum atomic E-state index is -0.267. The first kappa shape index (κ1) is 11.0. The first-order chi connectivity index (χ1) is 7.79. The molecule has 1 aliphatic heterocycles. The fourth-order valence-corrected chi connectivity index (χ4v) is 1.86. The van der Waals surface area contributed by atoms with Crippen molar-refractivity contribution in [1.82, 2.24) is 5.32 Å². The Balaban J connectivity index is 2.28. The average Bonchev–Trinajstić information content (AvgIpc) is 2.33. The van der Waals surface area contributed by atoms with E-state index in [1.54, 1.807) is 6.07 Å². The van der Waals surface area contributed by atoms with Crippen molar-refractivity contribution in [1.29, 1.82) is 0 Å². The van der Waals surface area contributed by atoms with E-state index in [0.29, 0.717) is 11.1 Å². The van der Waals surface area contributed by atoms with Crippen LogP contribution in [0.5, 0.6) is 0 Å². The van der Waals surface area contributed by atoms with Gasteiger partial charge < -0.3 is 5.32 Å². The van der Waals surface area contributed by atoms with Crippen LogP contribution in [-0.2, 0) is 0 Å². The van der Waals surface area contributed by atoms with Crippen molar-refractivity contribution in [3.8, 4) is 0 Å². The van der Waals surface area contributed by atoms with E-state index in [-0.39, 0.29) is 5.82 Å². The van der Waals surface area contributed by atoms with Crippen molar-refractivity contribution in [2.45, 2.75) is 12.8 Å². The molecule has 1 aromatic rings. The Labute approximate surface area is 94.2 Å². The number of hydrogen-bond donors (Lipinski definition) is 1. The second-order valence-electron chi connectivity index (χ2n) is 3.95. The summed E-state index contributed by atoms with van der Waals surface area (Å²) in [5.74, 6) is -0.267. The molecule has 1 fully saturated rings. The Morgan fingerprint density at radius 3 is 2.69 bits per heavy atom. The number of carbonyl (C=O) groups is 1. The van der Waals surface area contributed by atoms with Gasteiger partial charge in [0.15, 0.2) is 0 Å². The van der Waals surface area contributed by atoms with E-state index in [0.717, 1.165) is 32.2 Å². The van der Waals surface area contributed by atoms with E-state index in [1.807, 2.05) is 6.08 Å². The number of rotatable bonds is 2. The summed E-state index contributed by atoms with van der Waals surface area (Å²) in [7, 11) is 0. The van der Waals surface area contributed by atoms with E-state index in [4.69, 9.17) is 0 Å². The first-order valence-electron chi connectivity index (χ1n) is 5.44. The van der Waals surface area contributed by atoms with Gasteiger partial charge in [0.1, 0.15) is 12.1 Å². The molecule has 84 valence electrons. The molecule has 0 spiro atoms. The van der Waals surface area contributed by atoms with Crippen LogP contribution < -0.4 is 5.32 Å². The molecule has 1 heterocycles. The Kier molecular flexibility index (Phi) is 3.47. The van der Waals surface area contributed by atoms with Gasteiger partial charge in [0.2, 0.25) is 0 Å². The molecule has 0 radical (unpaired) electrons. The molecule has 0 atom stereocenters. The zero-order valence-corrected chi connectivity index (χ0v) is 9.00. The van der Waals surface area contributed by atoms with Gasteiger partial charge in [0.25, 0.3) is 0 Å².